The molecule has 0 amide bonds. The van der Waals surface area contributed by atoms with Crippen LogP contribution < -0.4 is 0 Å². The van der Waals surface area contributed by atoms with E-state index in [1.165, 1.54) is 32.1 Å². The van der Waals surface area contributed by atoms with Crippen molar-refractivity contribution in [1.82, 2.24) is 4.90 Å². The van der Waals surface area contributed by atoms with Gasteiger partial charge in [0.05, 0.1) is 0 Å². The van der Waals surface area contributed by atoms with Gasteiger partial charge in [-0.3, -0.25) is 4.90 Å². The molecule has 1 heteroatoms. The maximum Gasteiger partial charge on any atom is 0.0283 e. The highest BCUT2D eigenvalue weighted by Crippen LogP contribution is 2.29. The monoisotopic (exact) mass is 179 g/mol. The van der Waals surface area contributed by atoms with E-state index in [4.69, 9.17) is 0 Å². The van der Waals surface area contributed by atoms with Crippen LogP contribution in [0.4, 0.5) is 0 Å². The highest BCUT2D eigenvalue weighted by molar-refractivity contribution is 5.02. The zero-order chi connectivity index (χ0) is 9.26. The van der Waals surface area contributed by atoms with Gasteiger partial charge in [0.25, 0.3) is 0 Å². The van der Waals surface area contributed by atoms with Gasteiger partial charge in [0.15, 0.2) is 0 Å². The smallest absolute Gasteiger partial charge is 0.0283 e. The minimum absolute atomic E-state index is 0.751. The van der Waals surface area contributed by atoms with Gasteiger partial charge >= 0.3 is 0 Å². The van der Waals surface area contributed by atoms with E-state index < -0.39 is 0 Å². The van der Waals surface area contributed by atoms with E-state index in [2.05, 4.69) is 30.9 Å². The second kappa shape index (κ2) is 3.83. The molecule has 2 aliphatic rings. The van der Waals surface area contributed by atoms with Crippen molar-refractivity contribution in [1.29, 1.82) is 0 Å². The topological polar surface area (TPSA) is 3.24 Å². The van der Waals surface area contributed by atoms with E-state index in [0.717, 1.165) is 18.1 Å². The summed E-state index contributed by atoms with van der Waals surface area (Å²) in [6.45, 7) is 4.76. The van der Waals surface area contributed by atoms with Gasteiger partial charge in [-0.2, -0.15) is 0 Å². The molecular formula is C12H21N. The van der Waals surface area contributed by atoms with Crippen molar-refractivity contribution in [3.8, 4) is 0 Å². The van der Waals surface area contributed by atoms with E-state index in [-0.39, 0.29) is 0 Å². The Morgan fingerprint density at radius 2 is 1.77 bits per heavy atom. The van der Waals surface area contributed by atoms with Crippen LogP contribution in [-0.2, 0) is 0 Å². The minimum Gasteiger partial charge on any atom is -0.292 e. The molecule has 0 saturated carbocycles. The van der Waals surface area contributed by atoms with Crippen LogP contribution in [0.15, 0.2) is 12.2 Å². The fourth-order valence-electron chi connectivity index (χ4n) is 2.91. The van der Waals surface area contributed by atoms with Crippen LogP contribution in [0.1, 0.15) is 46.0 Å². The second-order valence-corrected chi connectivity index (χ2v) is 4.65. The average molecular weight is 179 g/mol. The van der Waals surface area contributed by atoms with Gasteiger partial charge in [0, 0.05) is 18.1 Å². The van der Waals surface area contributed by atoms with Gasteiger partial charge in [-0.25, -0.2) is 0 Å². The highest BCUT2D eigenvalue weighted by Gasteiger charge is 2.31. The zero-order valence-electron chi connectivity index (χ0n) is 8.87. The molecule has 1 fully saturated rings. The molecular weight excluding hydrogens is 158 g/mol. The van der Waals surface area contributed by atoms with E-state index in [0.29, 0.717) is 0 Å². The molecule has 0 spiro atoms. The summed E-state index contributed by atoms with van der Waals surface area (Å²) in [5.41, 5.74) is 0. The summed E-state index contributed by atoms with van der Waals surface area (Å²) in [6, 6.07) is 2.37. The molecule has 3 atom stereocenters. The molecule has 0 aromatic heterocycles. The fourth-order valence-corrected chi connectivity index (χ4v) is 2.91. The van der Waals surface area contributed by atoms with Gasteiger partial charge < -0.3 is 0 Å². The molecule has 2 rings (SSSR count). The summed E-state index contributed by atoms with van der Waals surface area (Å²) in [5, 5.41) is 0. The number of likely N-dealkylation sites (tertiary alicyclic amines) is 1. The molecule has 1 nitrogen and oxygen atoms in total. The molecule has 0 bridgehead atoms. The Bertz CT molecular complexity index is 187. The fraction of sp³-hybridized carbons (Fsp3) is 0.833. The van der Waals surface area contributed by atoms with Gasteiger partial charge in [-0.1, -0.05) is 12.2 Å². The van der Waals surface area contributed by atoms with Gasteiger partial charge in [-0.15, -0.1) is 0 Å². The standard InChI is InChI=1S/C12H21N/c1-10-8-9-11(2)13(10)12-6-4-3-5-7-12/h4,6,10-12H,3,5,7-9H2,1-2H3. The number of nitrogens with zero attached hydrogens (tertiary/aromatic N) is 1. The number of hydrogen-bond donors (Lipinski definition) is 0. The Hall–Kier alpha value is -0.300. The van der Waals surface area contributed by atoms with Crippen LogP contribution >= 0.6 is 0 Å². The SMILES string of the molecule is CC1CCC(C)N1C1C=CCCC1. The summed E-state index contributed by atoms with van der Waals surface area (Å²) in [4.78, 5) is 2.72. The first kappa shape index (κ1) is 9.26. The van der Waals surface area contributed by atoms with Crippen molar-refractivity contribution in [2.24, 2.45) is 0 Å². The predicted molar refractivity (Wildman–Crippen MR) is 56.8 cm³/mol. The molecule has 0 radical (unpaired) electrons. The third-order valence-corrected chi connectivity index (χ3v) is 3.63. The van der Waals surface area contributed by atoms with Crippen molar-refractivity contribution >= 4 is 0 Å². The molecule has 1 aliphatic carbocycles. The first-order chi connectivity index (χ1) is 6.29. The molecule has 1 heterocycles. The third-order valence-electron chi connectivity index (χ3n) is 3.63. The largest absolute Gasteiger partial charge is 0.292 e. The van der Waals surface area contributed by atoms with E-state index in [1.54, 1.807) is 0 Å². The maximum absolute atomic E-state index is 2.72. The summed E-state index contributed by atoms with van der Waals surface area (Å²) in [5.74, 6) is 0. The molecule has 13 heavy (non-hydrogen) atoms. The van der Waals surface area contributed by atoms with Crippen LogP contribution in [0.25, 0.3) is 0 Å². The van der Waals surface area contributed by atoms with E-state index in [1.807, 2.05) is 0 Å². The van der Waals surface area contributed by atoms with Crippen molar-refractivity contribution < 1.29 is 0 Å². The molecule has 0 N–H and O–H groups in total. The zero-order valence-corrected chi connectivity index (χ0v) is 8.87. The lowest BCUT2D eigenvalue weighted by atomic mass is 10.00. The summed E-state index contributed by atoms with van der Waals surface area (Å²) >= 11 is 0. The highest BCUT2D eigenvalue weighted by atomic mass is 15.2. The third kappa shape index (κ3) is 1.80. The van der Waals surface area contributed by atoms with Crippen molar-refractivity contribution in [3.63, 3.8) is 0 Å². The molecule has 0 aromatic rings. The summed E-state index contributed by atoms with van der Waals surface area (Å²) in [7, 11) is 0. The van der Waals surface area contributed by atoms with Crippen molar-refractivity contribution in [2.45, 2.75) is 64.1 Å². The number of hydrogen-bond acceptors (Lipinski definition) is 1. The average Bonchev–Trinajstić information content (AvgIpc) is 2.48. The molecule has 0 aromatic carbocycles. The number of rotatable bonds is 1. The lowest BCUT2D eigenvalue weighted by molar-refractivity contribution is 0.161. The van der Waals surface area contributed by atoms with Crippen LogP contribution in [0.5, 0.6) is 0 Å². The molecule has 3 unspecified atom stereocenters. The van der Waals surface area contributed by atoms with Gasteiger partial charge in [0.1, 0.15) is 0 Å². The van der Waals surface area contributed by atoms with Crippen LogP contribution in [0.3, 0.4) is 0 Å². The number of allylic oxidation sites excluding steroid dienone is 1. The normalized spacial score (nSPS) is 41.2. The maximum atomic E-state index is 2.72. The van der Waals surface area contributed by atoms with E-state index >= 15 is 0 Å². The Balaban J connectivity index is 2.05. The molecule has 1 saturated heterocycles. The summed E-state index contributed by atoms with van der Waals surface area (Å²) < 4.78 is 0. The Morgan fingerprint density at radius 3 is 2.31 bits per heavy atom. The van der Waals surface area contributed by atoms with Gasteiger partial charge in [-0.05, 0) is 46.0 Å². The lowest BCUT2D eigenvalue weighted by Crippen LogP contribution is -2.41. The van der Waals surface area contributed by atoms with Crippen LogP contribution in [0.2, 0.25) is 0 Å². The molecule has 1 aliphatic heterocycles. The van der Waals surface area contributed by atoms with Gasteiger partial charge in [0.2, 0.25) is 0 Å². The Labute approximate surface area is 81.8 Å². The Morgan fingerprint density at radius 1 is 1.08 bits per heavy atom. The Kier molecular flexibility index (Phi) is 2.73. The predicted octanol–water partition coefficient (Wildman–Crippen LogP) is 2.97. The van der Waals surface area contributed by atoms with Crippen molar-refractivity contribution in [2.75, 3.05) is 0 Å². The van der Waals surface area contributed by atoms with Crippen LogP contribution in [-0.4, -0.2) is 23.0 Å². The minimum atomic E-state index is 0.751. The van der Waals surface area contributed by atoms with Crippen molar-refractivity contribution in [3.05, 3.63) is 12.2 Å². The first-order valence-corrected chi connectivity index (χ1v) is 5.73. The molecule has 74 valence electrons. The van der Waals surface area contributed by atoms with E-state index in [9.17, 15) is 0 Å². The second-order valence-electron chi connectivity index (χ2n) is 4.65. The lowest BCUT2D eigenvalue weighted by Gasteiger charge is -2.34. The summed E-state index contributed by atoms with van der Waals surface area (Å²) in [6.07, 6.45) is 11.7. The quantitative estimate of drug-likeness (QED) is 0.559. The van der Waals surface area contributed by atoms with Crippen LogP contribution in [0, 0.1) is 0 Å². The first-order valence-electron chi connectivity index (χ1n) is 5.73.